The smallest absolute Gasteiger partial charge is 0.345 e. The van der Waals surface area contributed by atoms with Crippen LogP contribution in [0.3, 0.4) is 0 Å². The van der Waals surface area contributed by atoms with Crippen LogP contribution in [-0.4, -0.2) is 25.7 Å². The molecule has 0 aromatic heterocycles. The Morgan fingerprint density at radius 1 is 0.938 bits per heavy atom. The van der Waals surface area contributed by atoms with Gasteiger partial charge in [0.2, 0.25) is 11.1 Å². The molecule has 0 aliphatic heterocycles. The molecule has 6 heteroatoms. The van der Waals surface area contributed by atoms with E-state index in [1.807, 2.05) is 0 Å². The van der Waals surface area contributed by atoms with E-state index in [1.165, 1.54) is 0 Å². The Hall–Kier alpha value is -0.0700. The molecule has 1 unspecified atom stereocenters. The van der Waals surface area contributed by atoms with Crippen LogP contribution in [0.2, 0.25) is 0 Å². The first kappa shape index (κ1) is 15.9. The van der Waals surface area contributed by atoms with E-state index in [1.54, 1.807) is 0 Å². The Balaban J connectivity index is 3.30. The van der Waals surface area contributed by atoms with Crippen molar-refractivity contribution in [2.24, 2.45) is 0 Å². The molecule has 0 spiro atoms. The van der Waals surface area contributed by atoms with Gasteiger partial charge in [0.25, 0.3) is 0 Å². The highest BCUT2D eigenvalue weighted by Crippen LogP contribution is 2.24. The molecule has 0 rings (SSSR count). The summed E-state index contributed by atoms with van der Waals surface area (Å²) in [5.74, 6) is 0. The lowest BCUT2D eigenvalue weighted by atomic mass is 10.1. The Morgan fingerprint density at radius 2 is 1.38 bits per heavy atom. The number of hydrogen-bond acceptors (Lipinski definition) is 2. The summed E-state index contributed by atoms with van der Waals surface area (Å²) in [5, 5.41) is 5.05. The van der Waals surface area contributed by atoms with E-state index in [0.717, 1.165) is 32.1 Å². The minimum absolute atomic E-state index is 0.203. The molecule has 0 aliphatic rings. The zero-order valence-electron chi connectivity index (χ0n) is 9.33. The second-order valence-corrected chi connectivity index (χ2v) is 4.93. The second kappa shape index (κ2) is 9.01. The fourth-order valence-corrected chi connectivity index (χ4v) is 1.73. The van der Waals surface area contributed by atoms with Gasteiger partial charge in [0.15, 0.2) is 0 Å². The van der Waals surface area contributed by atoms with E-state index in [4.69, 9.17) is 9.66 Å². The van der Waals surface area contributed by atoms with Crippen molar-refractivity contribution in [2.75, 3.05) is 6.61 Å². The molecular formula is C10H20F2O3S. The fraction of sp³-hybridized carbons (Fsp3) is 1.00. The van der Waals surface area contributed by atoms with E-state index in [9.17, 15) is 13.0 Å². The zero-order chi connectivity index (χ0) is 12.4. The average molecular weight is 258 g/mol. The first-order chi connectivity index (χ1) is 7.50. The second-order valence-electron chi connectivity index (χ2n) is 3.83. The Bertz CT molecular complexity index is 201. The molecule has 0 fully saturated rings. The van der Waals surface area contributed by atoms with Crippen LogP contribution in [0.15, 0.2) is 0 Å². The number of aliphatic hydroxyl groups excluding tert-OH is 1. The monoisotopic (exact) mass is 258 g/mol. The van der Waals surface area contributed by atoms with Crippen molar-refractivity contribution in [2.45, 2.75) is 56.6 Å². The first-order valence-electron chi connectivity index (χ1n) is 5.60. The molecule has 0 bridgehead atoms. The largest absolute Gasteiger partial charge is 0.396 e. The van der Waals surface area contributed by atoms with Crippen LogP contribution in [0.25, 0.3) is 0 Å². The van der Waals surface area contributed by atoms with Crippen LogP contribution < -0.4 is 0 Å². The maximum atomic E-state index is 12.6. The van der Waals surface area contributed by atoms with Gasteiger partial charge >= 0.3 is 5.25 Å². The molecule has 1 atom stereocenters. The molecule has 0 radical (unpaired) electrons. The van der Waals surface area contributed by atoms with Crippen molar-refractivity contribution in [1.29, 1.82) is 0 Å². The predicted octanol–water partition coefficient (Wildman–Crippen LogP) is 2.91. The van der Waals surface area contributed by atoms with E-state index >= 15 is 0 Å². The van der Waals surface area contributed by atoms with E-state index in [2.05, 4.69) is 0 Å². The molecule has 0 saturated heterocycles. The molecule has 0 aromatic rings. The normalized spacial score (nSPS) is 14.0. The first-order valence-corrected chi connectivity index (χ1v) is 6.71. The summed E-state index contributed by atoms with van der Waals surface area (Å²) >= 11 is -3.05. The number of unbranched alkanes of at least 4 members (excludes halogenated alkanes) is 6. The summed E-state index contributed by atoms with van der Waals surface area (Å²) in [7, 11) is 0. The van der Waals surface area contributed by atoms with Crippen LogP contribution in [0, 0.1) is 0 Å². The van der Waals surface area contributed by atoms with Crippen molar-refractivity contribution >= 4 is 11.1 Å². The van der Waals surface area contributed by atoms with Crippen LogP contribution in [0.5, 0.6) is 0 Å². The lowest BCUT2D eigenvalue weighted by Crippen LogP contribution is -2.22. The summed E-state index contributed by atoms with van der Waals surface area (Å²) in [5.41, 5.74) is 0. The minimum Gasteiger partial charge on any atom is -0.396 e. The van der Waals surface area contributed by atoms with Crippen LogP contribution in [0.4, 0.5) is 8.78 Å². The van der Waals surface area contributed by atoms with E-state index < -0.39 is 22.8 Å². The number of aliphatic hydroxyl groups is 1. The molecule has 0 heterocycles. The standard InChI is InChI=1S/C10H20F2O3S/c11-10(12,16(14)15)8-6-4-2-1-3-5-7-9-13/h13H,1-9H2,(H,14,15). The maximum absolute atomic E-state index is 12.6. The van der Waals surface area contributed by atoms with Gasteiger partial charge in [0.1, 0.15) is 0 Å². The Labute approximate surface area is 97.5 Å². The van der Waals surface area contributed by atoms with Crippen molar-refractivity contribution < 1.29 is 22.6 Å². The van der Waals surface area contributed by atoms with Crippen molar-refractivity contribution in [1.82, 2.24) is 0 Å². The highest BCUT2D eigenvalue weighted by Gasteiger charge is 2.35. The third-order valence-electron chi connectivity index (χ3n) is 2.38. The van der Waals surface area contributed by atoms with Crippen molar-refractivity contribution in [3.63, 3.8) is 0 Å². The SMILES string of the molecule is O=S(O)C(F)(F)CCCCCCCCCO. The van der Waals surface area contributed by atoms with E-state index in [-0.39, 0.29) is 13.0 Å². The lowest BCUT2D eigenvalue weighted by Gasteiger charge is -2.10. The number of alkyl halides is 2. The zero-order valence-corrected chi connectivity index (χ0v) is 10.1. The predicted molar refractivity (Wildman–Crippen MR) is 59.7 cm³/mol. The minimum atomic E-state index is -3.46. The quantitative estimate of drug-likeness (QED) is 0.468. The summed E-state index contributed by atoms with van der Waals surface area (Å²) < 4.78 is 43.8. The molecule has 0 aliphatic carbocycles. The van der Waals surface area contributed by atoms with Gasteiger partial charge in [-0.25, -0.2) is 4.21 Å². The van der Waals surface area contributed by atoms with Crippen LogP contribution in [0.1, 0.15) is 51.4 Å². The molecule has 2 N–H and O–H groups in total. The van der Waals surface area contributed by atoms with Crippen LogP contribution in [-0.2, 0) is 11.1 Å². The van der Waals surface area contributed by atoms with E-state index in [0.29, 0.717) is 6.42 Å². The van der Waals surface area contributed by atoms with Gasteiger partial charge in [-0.3, -0.25) is 0 Å². The lowest BCUT2D eigenvalue weighted by molar-refractivity contribution is 0.0771. The number of rotatable bonds is 10. The van der Waals surface area contributed by atoms with Crippen molar-refractivity contribution in [3.8, 4) is 0 Å². The van der Waals surface area contributed by atoms with Gasteiger partial charge in [0.05, 0.1) is 0 Å². The highest BCUT2D eigenvalue weighted by atomic mass is 32.2. The fourth-order valence-electron chi connectivity index (χ4n) is 1.41. The highest BCUT2D eigenvalue weighted by molar-refractivity contribution is 7.80. The number of halogens is 2. The maximum Gasteiger partial charge on any atom is 0.345 e. The van der Waals surface area contributed by atoms with Gasteiger partial charge in [-0.2, -0.15) is 8.78 Å². The van der Waals surface area contributed by atoms with Crippen LogP contribution >= 0.6 is 0 Å². The van der Waals surface area contributed by atoms with Gasteiger partial charge in [0, 0.05) is 13.0 Å². The Kier molecular flexibility index (Phi) is 8.97. The molecular weight excluding hydrogens is 238 g/mol. The van der Waals surface area contributed by atoms with Gasteiger partial charge in [-0.1, -0.05) is 32.1 Å². The summed E-state index contributed by atoms with van der Waals surface area (Å²) in [6, 6.07) is 0. The molecule has 0 amide bonds. The third kappa shape index (κ3) is 8.13. The molecule has 16 heavy (non-hydrogen) atoms. The molecule has 0 aromatic carbocycles. The van der Waals surface area contributed by atoms with Gasteiger partial charge < -0.3 is 9.66 Å². The number of hydrogen-bond donors (Lipinski definition) is 2. The molecule has 98 valence electrons. The van der Waals surface area contributed by atoms with Gasteiger partial charge in [-0.05, 0) is 12.8 Å². The molecule has 3 nitrogen and oxygen atoms in total. The summed E-state index contributed by atoms with van der Waals surface area (Å²) in [6.45, 7) is 0.203. The van der Waals surface area contributed by atoms with Gasteiger partial charge in [-0.15, -0.1) is 0 Å². The summed E-state index contributed by atoms with van der Waals surface area (Å²) in [4.78, 5) is 0. The van der Waals surface area contributed by atoms with Crippen molar-refractivity contribution in [3.05, 3.63) is 0 Å². The third-order valence-corrected chi connectivity index (χ3v) is 3.10. The average Bonchev–Trinajstić information content (AvgIpc) is 2.21. The summed E-state index contributed by atoms with van der Waals surface area (Å²) in [6.07, 6.45) is 5.00. The topological polar surface area (TPSA) is 57.5 Å². The molecule has 0 saturated carbocycles. The Morgan fingerprint density at radius 3 is 1.81 bits per heavy atom.